The van der Waals surface area contributed by atoms with Crippen molar-refractivity contribution < 1.29 is 23.5 Å². The largest absolute Gasteiger partial charge is 0.480 e. The minimum Gasteiger partial charge on any atom is -0.480 e. The number of furan rings is 1. The topological polar surface area (TPSA) is 79.5 Å². The van der Waals surface area contributed by atoms with Crippen molar-refractivity contribution in [3.8, 4) is 0 Å². The second-order valence-corrected chi connectivity index (χ2v) is 4.23. The standard InChI is InChI=1S/C13H12FNO4/c1-6-9-5-8(14)3-4-10(9)19-11(6)12(16)15-7(2)13(17)18/h3-5,7H,1-2H3,(H,15,16)(H,17,18)/t7-/m1/s1. The molecule has 1 aromatic carbocycles. The number of fused-ring (bicyclic) bond motifs is 1. The summed E-state index contributed by atoms with van der Waals surface area (Å²) in [7, 11) is 0. The monoisotopic (exact) mass is 265 g/mol. The first kappa shape index (κ1) is 13.1. The third kappa shape index (κ3) is 2.42. The Hall–Kier alpha value is -2.37. The molecule has 0 aliphatic rings. The second-order valence-electron chi connectivity index (χ2n) is 4.23. The molecule has 5 nitrogen and oxygen atoms in total. The summed E-state index contributed by atoms with van der Waals surface area (Å²) in [6.07, 6.45) is 0. The van der Waals surface area contributed by atoms with Gasteiger partial charge in [0.15, 0.2) is 5.76 Å². The molecular weight excluding hydrogens is 253 g/mol. The van der Waals surface area contributed by atoms with Crippen LogP contribution < -0.4 is 5.32 Å². The van der Waals surface area contributed by atoms with Gasteiger partial charge in [-0.15, -0.1) is 0 Å². The van der Waals surface area contributed by atoms with Crippen molar-refractivity contribution in [3.63, 3.8) is 0 Å². The maximum absolute atomic E-state index is 13.1. The van der Waals surface area contributed by atoms with E-state index in [9.17, 15) is 14.0 Å². The highest BCUT2D eigenvalue weighted by Gasteiger charge is 2.21. The number of benzene rings is 1. The molecule has 0 unspecified atom stereocenters. The summed E-state index contributed by atoms with van der Waals surface area (Å²) in [5.41, 5.74) is 0.858. The molecule has 2 aromatic rings. The Morgan fingerprint density at radius 2 is 2.11 bits per heavy atom. The summed E-state index contributed by atoms with van der Waals surface area (Å²) < 4.78 is 18.4. The highest BCUT2D eigenvalue weighted by atomic mass is 19.1. The van der Waals surface area contributed by atoms with Crippen LogP contribution in [0.3, 0.4) is 0 Å². The molecule has 0 radical (unpaired) electrons. The van der Waals surface area contributed by atoms with Crippen LogP contribution in [-0.4, -0.2) is 23.0 Å². The summed E-state index contributed by atoms with van der Waals surface area (Å²) in [6, 6.07) is 2.89. The van der Waals surface area contributed by atoms with Crippen molar-refractivity contribution in [1.29, 1.82) is 0 Å². The van der Waals surface area contributed by atoms with Gasteiger partial charge in [-0.2, -0.15) is 0 Å². The van der Waals surface area contributed by atoms with E-state index in [0.717, 1.165) is 0 Å². The van der Waals surface area contributed by atoms with Crippen molar-refractivity contribution in [2.24, 2.45) is 0 Å². The first-order chi connectivity index (χ1) is 8.90. The molecule has 19 heavy (non-hydrogen) atoms. The van der Waals surface area contributed by atoms with Gasteiger partial charge in [0.1, 0.15) is 17.4 Å². The zero-order valence-electron chi connectivity index (χ0n) is 10.4. The van der Waals surface area contributed by atoms with Gasteiger partial charge < -0.3 is 14.8 Å². The molecule has 0 fully saturated rings. The molecule has 0 saturated heterocycles. The van der Waals surface area contributed by atoms with Crippen LogP contribution >= 0.6 is 0 Å². The van der Waals surface area contributed by atoms with Gasteiger partial charge in [-0.25, -0.2) is 4.39 Å². The third-order valence-corrected chi connectivity index (χ3v) is 2.82. The van der Waals surface area contributed by atoms with Crippen molar-refractivity contribution in [1.82, 2.24) is 5.32 Å². The van der Waals surface area contributed by atoms with Gasteiger partial charge in [0.25, 0.3) is 5.91 Å². The maximum Gasteiger partial charge on any atom is 0.325 e. The predicted molar refractivity (Wildman–Crippen MR) is 65.5 cm³/mol. The van der Waals surface area contributed by atoms with E-state index in [4.69, 9.17) is 9.52 Å². The molecule has 1 amide bonds. The minimum absolute atomic E-state index is 0.00583. The molecule has 0 aliphatic carbocycles. The fourth-order valence-corrected chi connectivity index (χ4v) is 1.73. The molecular formula is C13H12FNO4. The summed E-state index contributed by atoms with van der Waals surface area (Å²) in [6.45, 7) is 2.96. The van der Waals surface area contributed by atoms with Crippen molar-refractivity contribution >= 4 is 22.8 Å². The number of carboxylic acids is 1. The lowest BCUT2D eigenvalue weighted by Crippen LogP contribution is -2.38. The van der Waals surface area contributed by atoms with E-state index in [1.165, 1.54) is 25.1 Å². The number of nitrogens with one attached hydrogen (secondary N) is 1. The molecule has 6 heteroatoms. The van der Waals surface area contributed by atoms with E-state index in [0.29, 0.717) is 16.5 Å². The summed E-state index contributed by atoms with van der Waals surface area (Å²) in [5, 5.41) is 11.5. The summed E-state index contributed by atoms with van der Waals surface area (Å²) in [4.78, 5) is 22.5. The van der Waals surface area contributed by atoms with Crippen molar-refractivity contribution in [2.75, 3.05) is 0 Å². The van der Waals surface area contributed by atoms with E-state index in [1.807, 2.05) is 0 Å². The van der Waals surface area contributed by atoms with E-state index < -0.39 is 23.7 Å². The fraction of sp³-hybridized carbons (Fsp3) is 0.231. The smallest absolute Gasteiger partial charge is 0.325 e. The van der Waals surface area contributed by atoms with Crippen LogP contribution in [0, 0.1) is 12.7 Å². The van der Waals surface area contributed by atoms with E-state index >= 15 is 0 Å². The quantitative estimate of drug-likeness (QED) is 0.890. The van der Waals surface area contributed by atoms with E-state index in [1.54, 1.807) is 6.92 Å². The first-order valence-electron chi connectivity index (χ1n) is 5.62. The van der Waals surface area contributed by atoms with Gasteiger partial charge in [0.05, 0.1) is 0 Å². The lowest BCUT2D eigenvalue weighted by molar-refractivity contribution is -0.138. The van der Waals surface area contributed by atoms with Crippen LogP contribution in [0.15, 0.2) is 22.6 Å². The van der Waals surface area contributed by atoms with Gasteiger partial charge >= 0.3 is 5.97 Å². The molecule has 1 heterocycles. The Morgan fingerprint density at radius 3 is 2.74 bits per heavy atom. The van der Waals surface area contributed by atoms with Crippen LogP contribution in [0.1, 0.15) is 23.0 Å². The highest BCUT2D eigenvalue weighted by Crippen LogP contribution is 2.25. The van der Waals surface area contributed by atoms with Crippen molar-refractivity contribution in [2.45, 2.75) is 19.9 Å². The predicted octanol–water partition coefficient (Wildman–Crippen LogP) is 2.08. The number of halogens is 1. The lowest BCUT2D eigenvalue weighted by Gasteiger charge is -2.07. The Bertz CT molecular complexity index is 662. The van der Waals surface area contributed by atoms with Gasteiger partial charge in [0, 0.05) is 10.9 Å². The number of hydrogen-bond acceptors (Lipinski definition) is 3. The molecule has 1 aromatic heterocycles. The van der Waals surface area contributed by atoms with Gasteiger partial charge in [0.2, 0.25) is 0 Å². The number of rotatable bonds is 3. The number of carboxylic acid groups (broad SMARTS) is 1. The van der Waals surface area contributed by atoms with Crippen LogP contribution in [-0.2, 0) is 4.79 Å². The number of aryl methyl sites for hydroxylation is 1. The Kier molecular flexibility index (Phi) is 3.25. The minimum atomic E-state index is -1.15. The molecule has 0 bridgehead atoms. The van der Waals surface area contributed by atoms with Crippen LogP contribution in [0.25, 0.3) is 11.0 Å². The zero-order chi connectivity index (χ0) is 14.2. The van der Waals surface area contributed by atoms with Crippen LogP contribution in [0.5, 0.6) is 0 Å². The van der Waals surface area contributed by atoms with Crippen molar-refractivity contribution in [3.05, 3.63) is 35.3 Å². The van der Waals surface area contributed by atoms with Crippen LogP contribution in [0.2, 0.25) is 0 Å². The number of hydrogen-bond donors (Lipinski definition) is 2. The molecule has 1 atom stereocenters. The second kappa shape index (κ2) is 4.72. The fourth-order valence-electron chi connectivity index (χ4n) is 1.73. The number of amides is 1. The Morgan fingerprint density at radius 1 is 1.42 bits per heavy atom. The Balaban J connectivity index is 2.37. The summed E-state index contributed by atoms with van der Waals surface area (Å²) in [5.74, 6) is -2.21. The van der Waals surface area contributed by atoms with Gasteiger partial charge in [-0.05, 0) is 32.0 Å². The third-order valence-electron chi connectivity index (χ3n) is 2.82. The molecule has 2 N–H and O–H groups in total. The molecule has 0 aliphatic heterocycles. The van der Waals surface area contributed by atoms with E-state index in [-0.39, 0.29) is 5.76 Å². The number of aliphatic carboxylic acids is 1. The first-order valence-corrected chi connectivity index (χ1v) is 5.62. The van der Waals surface area contributed by atoms with Gasteiger partial charge in [-0.3, -0.25) is 9.59 Å². The Labute approximate surface area is 108 Å². The zero-order valence-corrected chi connectivity index (χ0v) is 10.4. The van der Waals surface area contributed by atoms with Gasteiger partial charge in [-0.1, -0.05) is 0 Å². The SMILES string of the molecule is Cc1c(C(=O)N[C@H](C)C(=O)O)oc2ccc(F)cc12. The molecule has 0 saturated carbocycles. The average molecular weight is 265 g/mol. The lowest BCUT2D eigenvalue weighted by atomic mass is 10.1. The highest BCUT2D eigenvalue weighted by molar-refractivity contribution is 6.00. The van der Waals surface area contributed by atoms with Crippen LogP contribution in [0.4, 0.5) is 4.39 Å². The number of carbonyl (C=O) groups is 2. The molecule has 2 rings (SSSR count). The van der Waals surface area contributed by atoms with E-state index in [2.05, 4.69) is 5.32 Å². The summed E-state index contributed by atoms with van der Waals surface area (Å²) >= 11 is 0. The average Bonchev–Trinajstić information content (AvgIpc) is 2.66. The normalized spacial score (nSPS) is 12.4. The number of carbonyl (C=O) groups excluding carboxylic acids is 1. The maximum atomic E-state index is 13.1. The molecule has 100 valence electrons. The molecule has 0 spiro atoms.